The molecule has 1 aromatic rings. The minimum atomic E-state index is -4.74. The number of hydrogen-bond acceptors (Lipinski definition) is 4. The maximum atomic E-state index is 12.1. The molecule has 0 spiro atoms. The number of nitrogens with zero attached hydrogens (tertiary/aromatic N) is 1. The molecule has 0 amide bonds. The lowest BCUT2D eigenvalue weighted by molar-refractivity contribution is -0.274. The molecule has 0 saturated carbocycles. The van der Waals surface area contributed by atoms with Crippen LogP contribution < -0.4 is 15.4 Å². The predicted octanol–water partition coefficient (Wildman–Crippen LogP) is 2.60. The van der Waals surface area contributed by atoms with Crippen molar-refractivity contribution in [2.75, 3.05) is 32.8 Å². The van der Waals surface area contributed by atoms with Gasteiger partial charge in [0.05, 0.1) is 12.6 Å². The van der Waals surface area contributed by atoms with Gasteiger partial charge in [-0.15, -0.1) is 13.2 Å². The summed E-state index contributed by atoms with van der Waals surface area (Å²) >= 11 is 0. The number of guanidine groups is 1. The summed E-state index contributed by atoms with van der Waals surface area (Å²) in [6, 6.07) is 5.08. The third kappa shape index (κ3) is 9.47. The Morgan fingerprint density at radius 1 is 1.19 bits per heavy atom. The van der Waals surface area contributed by atoms with Crippen LogP contribution >= 0.6 is 0 Å². The number of alkyl halides is 3. The quantitative estimate of drug-likeness (QED) is 0.332. The van der Waals surface area contributed by atoms with Crippen molar-refractivity contribution in [2.24, 2.45) is 4.99 Å². The maximum Gasteiger partial charge on any atom is 0.573 e. The van der Waals surface area contributed by atoms with E-state index in [-0.39, 0.29) is 12.3 Å². The first kappa shape index (κ1) is 22.0. The van der Waals surface area contributed by atoms with Gasteiger partial charge in [0.15, 0.2) is 5.96 Å². The van der Waals surface area contributed by atoms with Crippen LogP contribution in [0.15, 0.2) is 29.3 Å². The summed E-state index contributed by atoms with van der Waals surface area (Å²) < 4.78 is 45.5. The lowest BCUT2D eigenvalue weighted by Crippen LogP contribution is -2.38. The van der Waals surface area contributed by atoms with E-state index in [2.05, 4.69) is 20.4 Å². The van der Waals surface area contributed by atoms with E-state index < -0.39 is 12.5 Å². The van der Waals surface area contributed by atoms with Gasteiger partial charge in [-0.05, 0) is 38.0 Å². The SMILES string of the molecule is CCNC(=NCC(O)c1ccc(OC(F)(F)F)cc1)NCCCOCC. The van der Waals surface area contributed by atoms with E-state index in [0.29, 0.717) is 37.8 Å². The number of hydrogen-bond donors (Lipinski definition) is 3. The first-order chi connectivity index (χ1) is 12.4. The van der Waals surface area contributed by atoms with Crippen molar-refractivity contribution in [3.05, 3.63) is 29.8 Å². The van der Waals surface area contributed by atoms with Crippen molar-refractivity contribution in [1.82, 2.24) is 10.6 Å². The summed E-state index contributed by atoms with van der Waals surface area (Å²) in [5.74, 6) is 0.223. The monoisotopic (exact) mass is 377 g/mol. The highest BCUT2D eigenvalue weighted by molar-refractivity contribution is 5.79. The molecule has 148 valence electrons. The smallest absolute Gasteiger partial charge is 0.406 e. The zero-order valence-electron chi connectivity index (χ0n) is 15.0. The molecule has 0 bridgehead atoms. The Morgan fingerprint density at radius 2 is 1.88 bits per heavy atom. The number of rotatable bonds is 10. The van der Waals surface area contributed by atoms with E-state index >= 15 is 0 Å². The number of ether oxygens (including phenoxy) is 2. The summed E-state index contributed by atoms with van der Waals surface area (Å²) in [7, 11) is 0. The van der Waals surface area contributed by atoms with Crippen molar-refractivity contribution in [2.45, 2.75) is 32.7 Å². The summed E-state index contributed by atoms with van der Waals surface area (Å²) in [5, 5.41) is 16.3. The van der Waals surface area contributed by atoms with E-state index in [1.807, 2.05) is 13.8 Å². The molecule has 1 aromatic carbocycles. The van der Waals surface area contributed by atoms with E-state index in [1.54, 1.807) is 0 Å². The molecule has 6 nitrogen and oxygen atoms in total. The fourth-order valence-electron chi connectivity index (χ4n) is 2.04. The lowest BCUT2D eigenvalue weighted by Gasteiger charge is -2.14. The van der Waals surface area contributed by atoms with E-state index in [9.17, 15) is 18.3 Å². The molecular weight excluding hydrogens is 351 g/mol. The highest BCUT2D eigenvalue weighted by Crippen LogP contribution is 2.24. The van der Waals surface area contributed by atoms with E-state index in [0.717, 1.165) is 18.6 Å². The standard InChI is InChI=1S/C17H26F3N3O3/c1-3-21-16(22-10-5-11-25-4-2)23-12-15(24)13-6-8-14(9-7-13)26-17(18,19)20/h6-9,15,24H,3-5,10-12H2,1-2H3,(H2,21,22,23). The number of aliphatic hydroxyl groups excluding tert-OH is 1. The maximum absolute atomic E-state index is 12.1. The van der Waals surface area contributed by atoms with Crippen LogP contribution in [0.25, 0.3) is 0 Å². The fraction of sp³-hybridized carbons (Fsp3) is 0.588. The topological polar surface area (TPSA) is 75.1 Å². The minimum absolute atomic E-state index is 0.0697. The van der Waals surface area contributed by atoms with Gasteiger partial charge in [-0.3, -0.25) is 4.99 Å². The van der Waals surface area contributed by atoms with Gasteiger partial charge in [0.25, 0.3) is 0 Å². The van der Waals surface area contributed by atoms with Crippen molar-refractivity contribution in [1.29, 1.82) is 0 Å². The fourth-order valence-corrected chi connectivity index (χ4v) is 2.04. The minimum Gasteiger partial charge on any atom is -0.406 e. The third-order valence-corrected chi connectivity index (χ3v) is 3.23. The number of nitrogens with one attached hydrogen (secondary N) is 2. The van der Waals surface area contributed by atoms with E-state index in [4.69, 9.17) is 4.74 Å². The number of aliphatic hydroxyl groups is 1. The average molecular weight is 377 g/mol. The summed E-state index contributed by atoms with van der Waals surface area (Å²) in [6.07, 6.45) is -4.85. The van der Waals surface area contributed by atoms with Gasteiger partial charge in [0.2, 0.25) is 0 Å². The molecule has 1 rings (SSSR count). The molecule has 9 heteroatoms. The Morgan fingerprint density at radius 3 is 2.46 bits per heavy atom. The Kier molecular flexibility index (Phi) is 9.82. The van der Waals surface area contributed by atoms with Crippen molar-refractivity contribution in [3.63, 3.8) is 0 Å². The zero-order valence-corrected chi connectivity index (χ0v) is 15.0. The molecule has 0 aliphatic carbocycles. The number of aliphatic imine (C=N–C) groups is 1. The Labute approximate surface area is 151 Å². The molecule has 0 aliphatic heterocycles. The van der Waals surface area contributed by atoms with Crippen molar-refractivity contribution >= 4 is 5.96 Å². The highest BCUT2D eigenvalue weighted by atomic mass is 19.4. The highest BCUT2D eigenvalue weighted by Gasteiger charge is 2.31. The van der Waals surface area contributed by atoms with Crippen LogP contribution in [0.2, 0.25) is 0 Å². The number of halogens is 3. The second-order valence-electron chi connectivity index (χ2n) is 5.33. The van der Waals surface area contributed by atoms with Crippen LogP contribution in [0.4, 0.5) is 13.2 Å². The Hall–Kier alpha value is -2.00. The van der Waals surface area contributed by atoms with Crippen LogP contribution in [0.5, 0.6) is 5.75 Å². The van der Waals surface area contributed by atoms with Gasteiger partial charge in [-0.1, -0.05) is 12.1 Å². The Balaban J connectivity index is 2.54. The molecule has 26 heavy (non-hydrogen) atoms. The van der Waals surface area contributed by atoms with Gasteiger partial charge >= 0.3 is 6.36 Å². The second kappa shape index (κ2) is 11.6. The van der Waals surface area contributed by atoms with Gasteiger partial charge in [0.1, 0.15) is 5.75 Å². The summed E-state index contributed by atoms with van der Waals surface area (Å²) in [4.78, 5) is 4.28. The molecule has 3 N–H and O–H groups in total. The van der Waals surface area contributed by atoms with Crippen molar-refractivity contribution < 1.29 is 27.8 Å². The molecule has 0 radical (unpaired) electrons. The molecule has 0 aliphatic rings. The van der Waals surface area contributed by atoms with Crippen LogP contribution in [0, 0.1) is 0 Å². The molecular formula is C17H26F3N3O3. The second-order valence-corrected chi connectivity index (χ2v) is 5.33. The summed E-state index contributed by atoms with van der Waals surface area (Å²) in [5.41, 5.74) is 0.454. The Bertz CT molecular complexity index is 536. The lowest BCUT2D eigenvalue weighted by atomic mass is 10.1. The molecule has 0 aromatic heterocycles. The molecule has 0 fully saturated rings. The van der Waals surface area contributed by atoms with Gasteiger partial charge in [-0.25, -0.2) is 0 Å². The normalized spacial score (nSPS) is 13.4. The zero-order chi connectivity index (χ0) is 19.4. The molecule has 0 saturated heterocycles. The van der Waals surface area contributed by atoms with Crippen molar-refractivity contribution in [3.8, 4) is 5.75 Å². The first-order valence-electron chi connectivity index (χ1n) is 8.49. The van der Waals surface area contributed by atoms with Gasteiger partial charge in [0, 0.05) is 26.3 Å². The predicted molar refractivity (Wildman–Crippen MR) is 93.2 cm³/mol. The summed E-state index contributed by atoms with van der Waals surface area (Å²) in [6.45, 7) is 6.59. The van der Waals surface area contributed by atoms with Crippen LogP contribution in [0.1, 0.15) is 31.9 Å². The van der Waals surface area contributed by atoms with Gasteiger partial charge in [-0.2, -0.15) is 0 Å². The molecule has 1 unspecified atom stereocenters. The molecule has 0 heterocycles. The largest absolute Gasteiger partial charge is 0.573 e. The van der Waals surface area contributed by atoms with Crippen LogP contribution in [0.3, 0.4) is 0 Å². The van der Waals surface area contributed by atoms with Crippen LogP contribution in [-0.4, -0.2) is 50.3 Å². The van der Waals surface area contributed by atoms with Gasteiger partial charge < -0.3 is 25.2 Å². The molecule has 1 atom stereocenters. The number of benzene rings is 1. The van der Waals surface area contributed by atoms with Crippen LogP contribution in [-0.2, 0) is 4.74 Å². The van der Waals surface area contributed by atoms with E-state index in [1.165, 1.54) is 12.1 Å². The third-order valence-electron chi connectivity index (χ3n) is 3.23. The average Bonchev–Trinajstić information content (AvgIpc) is 2.58. The first-order valence-corrected chi connectivity index (χ1v) is 8.49.